The maximum absolute atomic E-state index is 6.10. The number of aryl methyl sites for hydroxylation is 1. The molecule has 32 heavy (non-hydrogen) atoms. The van der Waals surface area contributed by atoms with Crippen LogP contribution in [0.3, 0.4) is 0 Å². The van der Waals surface area contributed by atoms with E-state index in [4.69, 9.17) is 14.7 Å². The van der Waals surface area contributed by atoms with E-state index in [1.54, 1.807) is 6.33 Å². The maximum Gasteiger partial charge on any atom is 0.148 e. The monoisotopic (exact) mass is 452 g/mol. The van der Waals surface area contributed by atoms with Crippen molar-refractivity contribution < 1.29 is 4.74 Å². The summed E-state index contributed by atoms with van der Waals surface area (Å²) in [5.41, 5.74) is 3.64. The average molecular weight is 453 g/mol. The molecule has 0 spiro atoms. The topological polar surface area (TPSA) is 61.0 Å². The lowest BCUT2D eigenvalue weighted by atomic mass is 9.91. The van der Waals surface area contributed by atoms with Gasteiger partial charge in [-0.3, -0.25) is 4.68 Å². The Kier molecular flexibility index (Phi) is 5.20. The van der Waals surface area contributed by atoms with Crippen molar-refractivity contribution in [1.82, 2.24) is 24.3 Å². The van der Waals surface area contributed by atoms with Crippen molar-refractivity contribution in [3.8, 4) is 11.1 Å². The van der Waals surface area contributed by atoms with Gasteiger partial charge in [-0.1, -0.05) is 33.5 Å². The molecule has 0 bridgehead atoms. The third kappa shape index (κ3) is 3.77. The van der Waals surface area contributed by atoms with E-state index in [0.29, 0.717) is 18.1 Å². The van der Waals surface area contributed by atoms with Crippen molar-refractivity contribution in [1.29, 1.82) is 0 Å². The third-order valence-corrected chi connectivity index (χ3v) is 9.24. The second kappa shape index (κ2) is 7.69. The van der Waals surface area contributed by atoms with E-state index in [1.165, 1.54) is 6.42 Å². The van der Waals surface area contributed by atoms with Gasteiger partial charge in [0.05, 0.1) is 11.6 Å². The van der Waals surface area contributed by atoms with Crippen molar-refractivity contribution in [2.45, 2.75) is 52.7 Å². The Bertz CT molecular complexity index is 1130. The maximum atomic E-state index is 6.10. The van der Waals surface area contributed by atoms with Crippen LogP contribution >= 0.6 is 0 Å². The molecular formula is C24H36N6OSi. The second-order valence-corrected chi connectivity index (χ2v) is 16.9. The number of anilines is 1. The Balaban J connectivity index is 1.50. The molecule has 1 aliphatic heterocycles. The van der Waals surface area contributed by atoms with E-state index in [1.807, 2.05) is 17.9 Å². The fourth-order valence-electron chi connectivity index (χ4n) is 5.34. The van der Waals surface area contributed by atoms with Crippen LogP contribution < -0.4 is 4.90 Å². The first-order valence-electron chi connectivity index (χ1n) is 11.8. The highest BCUT2D eigenvalue weighted by molar-refractivity contribution is 6.76. The van der Waals surface area contributed by atoms with Gasteiger partial charge >= 0.3 is 0 Å². The molecule has 2 atom stereocenters. The number of hydrogen-bond acceptors (Lipinski definition) is 5. The van der Waals surface area contributed by atoms with Crippen molar-refractivity contribution >= 4 is 24.9 Å². The SMILES string of the molecule is CC(C)C12CC1CN(c1ncnc3c1c(-c1cnn(C)c1)cn3COCC[Si](C)(C)C)C2. The van der Waals surface area contributed by atoms with Gasteiger partial charge in [-0.15, -0.1) is 0 Å². The molecule has 8 heteroatoms. The van der Waals surface area contributed by atoms with Gasteiger partial charge < -0.3 is 14.2 Å². The van der Waals surface area contributed by atoms with Crippen LogP contribution in [0.15, 0.2) is 24.9 Å². The Hall–Kier alpha value is -2.19. The molecule has 4 heterocycles. The van der Waals surface area contributed by atoms with Crippen molar-refractivity contribution in [3.05, 3.63) is 24.9 Å². The predicted octanol–water partition coefficient (Wildman–Crippen LogP) is 4.63. The summed E-state index contributed by atoms with van der Waals surface area (Å²) in [6, 6.07) is 1.16. The molecule has 2 unspecified atom stereocenters. The van der Waals surface area contributed by atoms with E-state index in [2.05, 4.69) is 60.4 Å². The molecule has 1 saturated heterocycles. The molecule has 2 aliphatic rings. The Morgan fingerprint density at radius 3 is 2.69 bits per heavy atom. The average Bonchev–Trinajstić information content (AvgIpc) is 3.05. The first-order chi connectivity index (χ1) is 15.2. The molecular weight excluding hydrogens is 416 g/mol. The highest BCUT2D eigenvalue weighted by Crippen LogP contribution is 2.62. The number of nitrogens with zero attached hydrogens (tertiary/aromatic N) is 6. The van der Waals surface area contributed by atoms with E-state index < -0.39 is 8.07 Å². The Morgan fingerprint density at radius 1 is 1.22 bits per heavy atom. The van der Waals surface area contributed by atoms with Crippen LogP contribution in [-0.2, 0) is 18.5 Å². The number of rotatable bonds is 8. The predicted molar refractivity (Wildman–Crippen MR) is 131 cm³/mol. The fourth-order valence-corrected chi connectivity index (χ4v) is 6.10. The summed E-state index contributed by atoms with van der Waals surface area (Å²) in [5.74, 6) is 2.56. The van der Waals surface area contributed by atoms with Crippen molar-refractivity contribution in [2.75, 3.05) is 24.6 Å². The molecule has 5 rings (SSSR count). The molecule has 2 fully saturated rings. The lowest BCUT2D eigenvalue weighted by Gasteiger charge is -2.24. The Labute approximate surface area is 191 Å². The number of ether oxygens (including phenoxy) is 1. The van der Waals surface area contributed by atoms with Gasteiger partial charge in [0, 0.05) is 58.3 Å². The summed E-state index contributed by atoms with van der Waals surface area (Å²) in [6.07, 6.45) is 9.24. The van der Waals surface area contributed by atoms with Crippen LogP contribution in [0.2, 0.25) is 25.7 Å². The molecule has 0 aromatic carbocycles. The summed E-state index contributed by atoms with van der Waals surface area (Å²) in [4.78, 5) is 12.0. The minimum Gasteiger partial charge on any atom is -0.361 e. The Morgan fingerprint density at radius 2 is 2.03 bits per heavy atom. The largest absolute Gasteiger partial charge is 0.361 e. The van der Waals surface area contributed by atoms with E-state index in [0.717, 1.165) is 59.6 Å². The smallest absolute Gasteiger partial charge is 0.148 e. The molecule has 172 valence electrons. The molecule has 3 aromatic heterocycles. The molecule has 7 nitrogen and oxygen atoms in total. The van der Waals surface area contributed by atoms with Gasteiger partial charge in [0.15, 0.2) is 0 Å². The zero-order valence-electron chi connectivity index (χ0n) is 20.3. The normalized spacial score (nSPS) is 22.8. The molecule has 0 radical (unpaired) electrons. The van der Waals surface area contributed by atoms with Crippen LogP contribution in [0, 0.1) is 17.3 Å². The summed E-state index contributed by atoms with van der Waals surface area (Å²) >= 11 is 0. The minimum absolute atomic E-state index is 0.467. The zero-order valence-corrected chi connectivity index (χ0v) is 21.3. The van der Waals surface area contributed by atoms with E-state index in [-0.39, 0.29) is 0 Å². The van der Waals surface area contributed by atoms with Crippen molar-refractivity contribution in [3.63, 3.8) is 0 Å². The molecule has 1 saturated carbocycles. The highest BCUT2D eigenvalue weighted by atomic mass is 28.3. The van der Waals surface area contributed by atoms with Gasteiger partial charge in [-0.05, 0) is 29.7 Å². The van der Waals surface area contributed by atoms with E-state index in [9.17, 15) is 0 Å². The summed E-state index contributed by atoms with van der Waals surface area (Å²) < 4.78 is 10.1. The summed E-state index contributed by atoms with van der Waals surface area (Å²) in [7, 11) is 0.841. The highest BCUT2D eigenvalue weighted by Gasteiger charge is 2.61. The van der Waals surface area contributed by atoms with Gasteiger partial charge in [0.25, 0.3) is 0 Å². The lowest BCUT2D eigenvalue weighted by Crippen LogP contribution is -2.27. The minimum atomic E-state index is -1.12. The molecule has 0 N–H and O–H groups in total. The molecule has 3 aromatic rings. The third-order valence-electron chi connectivity index (χ3n) is 7.53. The van der Waals surface area contributed by atoms with Crippen LogP contribution in [-0.4, -0.2) is 52.1 Å². The molecule has 1 aliphatic carbocycles. The summed E-state index contributed by atoms with van der Waals surface area (Å²) in [6.45, 7) is 15.4. The second-order valence-electron chi connectivity index (χ2n) is 11.3. The number of piperidine rings is 1. The first-order valence-corrected chi connectivity index (χ1v) is 15.5. The lowest BCUT2D eigenvalue weighted by molar-refractivity contribution is 0.0899. The summed E-state index contributed by atoms with van der Waals surface area (Å²) in [5, 5.41) is 5.54. The van der Waals surface area contributed by atoms with Crippen LogP contribution in [0.5, 0.6) is 0 Å². The van der Waals surface area contributed by atoms with Crippen molar-refractivity contribution in [2.24, 2.45) is 24.3 Å². The van der Waals surface area contributed by atoms with Gasteiger partial charge in [-0.2, -0.15) is 5.10 Å². The van der Waals surface area contributed by atoms with Crippen LogP contribution in [0.4, 0.5) is 5.82 Å². The first kappa shape index (κ1) is 21.6. The zero-order chi connectivity index (χ0) is 22.7. The van der Waals surface area contributed by atoms with E-state index >= 15 is 0 Å². The quantitative estimate of drug-likeness (QED) is 0.368. The van der Waals surface area contributed by atoms with Crippen LogP contribution in [0.25, 0.3) is 22.2 Å². The van der Waals surface area contributed by atoms with Gasteiger partial charge in [0.2, 0.25) is 0 Å². The number of hydrogen-bond donors (Lipinski definition) is 0. The molecule has 0 amide bonds. The fraction of sp³-hybridized carbons (Fsp3) is 0.625. The van der Waals surface area contributed by atoms with Gasteiger partial charge in [-0.25, -0.2) is 9.97 Å². The standard InChI is InChI=1S/C24H36N6OSi/c1-17(2)24-9-19(24)12-29(14-24)22-21-20(18-10-27-28(3)11-18)13-30(23(21)26-15-25-22)16-31-7-8-32(4,5)6/h10-11,13,15,17,19H,7-9,12,14,16H2,1-6H3. The van der Waals surface area contributed by atoms with Gasteiger partial charge in [0.1, 0.15) is 24.5 Å². The van der Waals surface area contributed by atoms with Crippen LogP contribution in [0.1, 0.15) is 20.3 Å². The number of aromatic nitrogens is 5. The number of fused-ring (bicyclic) bond motifs is 2.